The van der Waals surface area contributed by atoms with Crippen molar-refractivity contribution in [1.29, 1.82) is 0 Å². The van der Waals surface area contributed by atoms with E-state index in [0.717, 1.165) is 0 Å². The molecule has 2 fully saturated rings. The predicted molar refractivity (Wildman–Crippen MR) is 70.7 cm³/mol. The van der Waals surface area contributed by atoms with Crippen molar-refractivity contribution in [3.8, 4) is 0 Å². The Morgan fingerprint density at radius 1 is 1.45 bits per heavy atom. The molecule has 6 heteroatoms. The summed E-state index contributed by atoms with van der Waals surface area (Å²) >= 11 is 0. The second-order valence-corrected chi connectivity index (χ2v) is 5.90. The van der Waals surface area contributed by atoms with Crippen LogP contribution in [0.1, 0.15) is 26.2 Å². The van der Waals surface area contributed by atoms with Crippen LogP contribution in [0.5, 0.6) is 0 Å². The van der Waals surface area contributed by atoms with Crippen LogP contribution < -0.4 is 5.32 Å². The average molecular weight is 283 g/mol. The number of rotatable bonds is 6. The highest BCUT2D eigenvalue weighted by atomic mass is 16.4. The smallest absolute Gasteiger partial charge is 0.307 e. The summed E-state index contributed by atoms with van der Waals surface area (Å²) in [4.78, 5) is 22.9. The molecule has 2 aliphatic carbocycles. The molecule has 2 aliphatic rings. The van der Waals surface area contributed by atoms with Crippen molar-refractivity contribution in [2.45, 2.75) is 44.1 Å². The molecule has 6 unspecified atom stereocenters. The van der Waals surface area contributed by atoms with E-state index in [-0.39, 0.29) is 24.5 Å². The lowest BCUT2D eigenvalue weighted by molar-refractivity contribution is -0.145. The summed E-state index contributed by atoms with van der Waals surface area (Å²) in [5, 5.41) is 31.9. The number of nitrogens with one attached hydrogen (secondary N) is 1. The molecular formula is C14H21NO5. The first-order chi connectivity index (χ1) is 9.31. The summed E-state index contributed by atoms with van der Waals surface area (Å²) in [6, 6.07) is 0. The molecule has 6 nitrogen and oxygen atoms in total. The van der Waals surface area contributed by atoms with Gasteiger partial charge in [0.05, 0.1) is 17.6 Å². The van der Waals surface area contributed by atoms with Crippen LogP contribution >= 0.6 is 0 Å². The first-order valence-corrected chi connectivity index (χ1v) is 6.82. The standard InChI is InChI=1S/C14H21NO5/c1-3-8-6-14(8,7(2)16)15-12(18)10-4-9(17)5-11(10)13(19)20/h3,8-12,15,17-18H,1,4-6H2,2H3,(H,19,20). The van der Waals surface area contributed by atoms with Crippen LogP contribution in [0.2, 0.25) is 0 Å². The lowest BCUT2D eigenvalue weighted by Crippen LogP contribution is -2.50. The van der Waals surface area contributed by atoms with Crippen molar-refractivity contribution in [1.82, 2.24) is 5.32 Å². The zero-order valence-electron chi connectivity index (χ0n) is 11.5. The van der Waals surface area contributed by atoms with Crippen LogP contribution in [0.25, 0.3) is 0 Å². The number of hydrogen-bond acceptors (Lipinski definition) is 5. The van der Waals surface area contributed by atoms with E-state index in [1.165, 1.54) is 6.92 Å². The van der Waals surface area contributed by atoms with Gasteiger partial charge in [0, 0.05) is 11.8 Å². The minimum absolute atomic E-state index is 0.0377. The van der Waals surface area contributed by atoms with Crippen molar-refractivity contribution in [3.05, 3.63) is 12.7 Å². The van der Waals surface area contributed by atoms with E-state index >= 15 is 0 Å². The molecule has 20 heavy (non-hydrogen) atoms. The minimum Gasteiger partial charge on any atom is -0.481 e. The number of hydrogen-bond donors (Lipinski definition) is 4. The molecule has 0 aromatic heterocycles. The Kier molecular flexibility index (Phi) is 4.00. The van der Waals surface area contributed by atoms with Crippen LogP contribution in [-0.2, 0) is 9.59 Å². The predicted octanol–water partition coefficient (Wildman–Crippen LogP) is -0.100. The van der Waals surface area contributed by atoms with Gasteiger partial charge in [0.15, 0.2) is 5.78 Å². The van der Waals surface area contributed by atoms with Crippen molar-refractivity contribution in [2.75, 3.05) is 0 Å². The van der Waals surface area contributed by atoms with Gasteiger partial charge in [-0.25, -0.2) is 0 Å². The zero-order valence-corrected chi connectivity index (χ0v) is 11.5. The monoisotopic (exact) mass is 283 g/mol. The number of carboxylic acid groups (broad SMARTS) is 1. The number of carbonyl (C=O) groups excluding carboxylic acids is 1. The highest BCUT2D eigenvalue weighted by Crippen LogP contribution is 2.46. The molecule has 0 aromatic carbocycles. The van der Waals surface area contributed by atoms with Gasteiger partial charge >= 0.3 is 5.97 Å². The van der Waals surface area contributed by atoms with Crippen molar-refractivity contribution >= 4 is 11.8 Å². The van der Waals surface area contributed by atoms with Gasteiger partial charge in [0.25, 0.3) is 0 Å². The second-order valence-electron chi connectivity index (χ2n) is 5.90. The fourth-order valence-electron chi connectivity index (χ4n) is 3.29. The molecule has 0 saturated heterocycles. The van der Waals surface area contributed by atoms with E-state index in [1.807, 2.05) is 0 Å². The van der Waals surface area contributed by atoms with Gasteiger partial charge in [-0.05, 0) is 26.2 Å². The van der Waals surface area contributed by atoms with Gasteiger partial charge in [-0.2, -0.15) is 0 Å². The number of Topliss-reactive ketones (excluding diaryl/α,β-unsaturated/α-hetero) is 1. The first kappa shape index (κ1) is 15.2. The molecule has 2 rings (SSSR count). The maximum Gasteiger partial charge on any atom is 0.307 e. The average Bonchev–Trinajstić information content (AvgIpc) is 2.94. The van der Waals surface area contributed by atoms with E-state index in [1.54, 1.807) is 6.08 Å². The van der Waals surface area contributed by atoms with Crippen molar-refractivity contribution in [2.24, 2.45) is 17.8 Å². The Morgan fingerprint density at radius 3 is 2.55 bits per heavy atom. The van der Waals surface area contributed by atoms with Gasteiger partial charge in [0.2, 0.25) is 0 Å². The highest BCUT2D eigenvalue weighted by molar-refractivity contribution is 5.90. The maximum absolute atomic E-state index is 11.7. The number of aliphatic hydroxyl groups is 2. The number of carboxylic acids is 1. The molecule has 0 aromatic rings. The summed E-state index contributed by atoms with van der Waals surface area (Å²) in [6.45, 7) is 5.10. The molecule has 4 N–H and O–H groups in total. The number of aliphatic hydroxyl groups excluding tert-OH is 2. The van der Waals surface area contributed by atoms with Crippen LogP contribution in [0.3, 0.4) is 0 Å². The Hall–Kier alpha value is -1.24. The normalized spacial score (nSPS) is 41.1. The Morgan fingerprint density at radius 2 is 2.10 bits per heavy atom. The number of aliphatic carboxylic acids is 1. The zero-order chi connectivity index (χ0) is 15.1. The third kappa shape index (κ3) is 2.51. The summed E-state index contributed by atoms with van der Waals surface area (Å²) in [6.07, 6.45) is 0.742. The maximum atomic E-state index is 11.7. The third-order valence-electron chi connectivity index (χ3n) is 4.64. The van der Waals surface area contributed by atoms with Gasteiger partial charge in [-0.1, -0.05) is 6.08 Å². The Bertz CT molecular complexity index is 437. The highest BCUT2D eigenvalue weighted by Gasteiger charge is 2.58. The number of carbonyl (C=O) groups is 2. The molecule has 0 spiro atoms. The summed E-state index contributed by atoms with van der Waals surface area (Å²) in [5.41, 5.74) is -0.822. The van der Waals surface area contributed by atoms with E-state index in [2.05, 4.69) is 11.9 Å². The summed E-state index contributed by atoms with van der Waals surface area (Å²) in [5.74, 6) is -2.54. The van der Waals surface area contributed by atoms with Crippen LogP contribution in [-0.4, -0.2) is 44.9 Å². The van der Waals surface area contributed by atoms with E-state index < -0.39 is 35.7 Å². The quantitative estimate of drug-likeness (QED) is 0.400. The molecule has 0 bridgehead atoms. The van der Waals surface area contributed by atoms with Crippen LogP contribution in [0.4, 0.5) is 0 Å². The minimum atomic E-state index is -1.12. The van der Waals surface area contributed by atoms with E-state index in [4.69, 9.17) is 5.11 Å². The van der Waals surface area contributed by atoms with Gasteiger partial charge in [-0.15, -0.1) is 6.58 Å². The van der Waals surface area contributed by atoms with Crippen molar-refractivity contribution in [3.63, 3.8) is 0 Å². The Labute approximate surface area is 117 Å². The van der Waals surface area contributed by atoms with Crippen LogP contribution in [0.15, 0.2) is 12.7 Å². The molecule has 6 atom stereocenters. The fraction of sp³-hybridized carbons (Fsp3) is 0.714. The van der Waals surface area contributed by atoms with Crippen molar-refractivity contribution < 1.29 is 24.9 Å². The molecule has 0 heterocycles. The topological polar surface area (TPSA) is 107 Å². The molecular weight excluding hydrogens is 262 g/mol. The second kappa shape index (κ2) is 5.27. The largest absolute Gasteiger partial charge is 0.481 e. The van der Waals surface area contributed by atoms with Crippen LogP contribution in [0, 0.1) is 17.8 Å². The van der Waals surface area contributed by atoms with Gasteiger partial charge < -0.3 is 15.3 Å². The van der Waals surface area contributed by atoms with Gasteiger partial charge in [0.1, 0.15) is 6.23 Å². The first-order valence-electron chi connectivity index (χ1n) is 6.82. The summed E-state index contributed by atoms with van der Waals surface area (Å²) < 4.78 is 0. The Balaban J connectivity index is 2.08. The van der Waals surface area contributed by atoms with E-state index in [9.17, 15) is 19.8 Å². The molecule has 2 saturated carbocycles. The third-order valence-corrected chi connectivity index (χ3v) is 4.64. The fourth-order valence-corrected chi connectivity index (χ4v) is 3.29. The van der Waals surface area contributed by atoms with E-state index in [0.29, 0.717) is 6.42 Å². The molecule has 112 valence electrons. The molecule has 0 amide bonds. The number of ketones is 1. The van der Waals surface area contributed by atoms with Gasteiger partial charge in [-0.3, -0.25) is 14.9 Å². The lowest BCUT2D eigenvalue weighted by atomic mass is 9.93. The summed E-state index contributed by atoms with van der Waals surface area (Å²) in [7, 11) is 0. The molecule has 0 aliphatic heterocycles. The lowest BCUT2D eigenvalue weighted by Gasteiger charge is -2.27. The SMILES string of the molecule is C=CC1CC1(NC(O)C1CC(O)CC1C(=O)O)C(C)=O. The molecule has 0 radical (unpaired) electrons.